The van der Waals surface area contributed by atoms with E-state index < -0.39 is 10.1 Å². The molecule has 0 aliphatic rings. The highest BCUT2D eigenvalue weighted by Gasteiger charge is 2.15. The molecule has 25 heavy (non-hydrogen) atoms. The molecule has 0 radical (unpaired) electrons. The zero-order chi connectivity index (χ0) is 18.1. The lowest BCUT2D eigenvalue weighted by Gasteiger charge is -2.11. The van der Waals surface area contributed by atoms with Crippen LogP contribution in [0.2, 0.25) is 5.02 Å². The fraction of sp³-hybridized carbons (Fsp3) is 0.300. The fourth-order valence-electron chi connectivity index (χ4n) is 2.46. The van der Waals surface area contributed by atoms with E-state index in [4.69, 9.17) is 22.2 Å². The summed E-state index contributed by atoms with van der Waals surface area (Å²) >= 11 is 5.76. The van der Waals surface area contributed by atoms with Crippen LogP contribution in [0.1, 0.15) is 24.8 Å². The van der Waals surface area contributed by atoms with Crippen LogP contribution in [0.3, 0.4) is 0 Å². The van der Waals surface area contributed by atoms with Crippen molar-refractivity contribution in [2.75, 3.05) is 6.61 Å². The van der Waals surface area contributed by atoms with E-state index in [0.29, 0.717) is 11.4 Å². The van der Waals surface area contributed by atoms with Crippen molar-refractivity contribution in [3.05, 3.63) is 65.2 Å². The normalized spacial score (nSPS) is 12.5. The third-order valence-electron chi connectivity index (χ3n) is 3.90. The number of halogens is 1. The average molecular weight is 377 g/mol. The molecule has 0 heterocycles. The van der Waals surface area contributed by atoms with E-state index in [1.807, 2.05) is 18.2 Å². The number of terminal acetylenes is 1. The molecule has 2 aromatic carbocycles. The molecule has 0 N–H and O–H groups in total. The van der Waals surface area contributed by atoms with Gasteiger partial charge in [0.25, 0.3) is 10.1 Å². The van der Waals surface area contributed by atoms with Gasteiger partial charge in [-0.15, -0.1) is 12.3 Å². The quantitative estimate of drug-likeness (QED) is 0.361. The lowest BCUT2D eigenvalue weighted by atomic mass is 9.96. The summed E-state index contributed by atoms with van der Waals surface area (Å²) in [5, 5.41) is 0.481. The number of hydrogen-bond donors (Lipinski definition) is 0. The Morgan fingerprint density at radius 2 is 1.72 bits per heavy atom. The topological polar surface area (TPSA) is 43.4 Å². The molecule has 0 amide bonds. The van der Waals surface area contributed by atoms with Crippen LogP contribution in [0.5, 0.6) is 0 Å². The third kappa shape index (κ3) is 6.55. The van der Waals surface area contributed by atoms with Crippen LogP contribution >= 0.6 is 11.6 Å². The zero-order valence-corrected chi connectivity index (χ0v) is 15.5. The maximum absolute atomic E-state index is 12.1. The van der Waals surface area contributed by atoms with E-state index in [0.717, 1.165) is 19.3 Å². The van der Waals surface area contributed by atoms with Crippen LogP contribution in [0, 0.1) is 18.3 Å². The van der Waals surface area contributed by atoms with Gasteiger partial charge in [0.15, 0.2) is 0 Å². The van der Waals surface area contributed by atoms with Gasteiger partial charge in [-0.1, -0.05) is 41.9 Å². The Balaban J connectivity index is 1.75. The van der Waals surface area contributed by atoms with Crippen LogP contribution in [0.25, 0.3) is 0 Å². The van der Waals surface area contributed by atoms with Gasteiger partial charge in [0.1, 0.15) is 0 Å². The zero-order valence-electron chi connectivity index (χ0n) is 13.9. The minimum atomic E-state index is -3.75. The molecular weight excluding hydrogens is 356 g/mol. The Morgan fingerprint density at radius 3 is 2.36 bits per heavy atom. The Hall–Kier alpha value is -1.80. The Morgan fingerprint density at radius 1 is 1.04 bits per heavy atom. The van der Waals surface area contributed by atoms with E-state index in [1.54, 1.807) is 0 Å². The third-order valence-corrected chi connectivity index (χ3v) is 5.48. The van der Waals surface area contributed by atoms with Crippen molar-refractivity contribution in [1.82, 2.24) is 0 Å². The number of aryl methyl sites for hydroxylation is 1. The second-order valence-electron chi connectivity index (χ2n) is 5.76. The van der Waals surface area contributed by atoms with Gasteiger partial charge in [-0.3, -0.25) is 4.18 Å². The van der Waals surface area contributed by atoms with Gasteiger partial charge >= 0.3 is 0 Å². The minimum absolute atomic E-state index is 0.106. The highest BCUT2D eigenvalue weighted by atomic mass is 35.5. The Bertz CT molecular complexity index is 793. The van der Waals surface area contributed by atoms with Crippen molar-refractivity contribution >= 4 is 21.7 Å². The molecule has 5 heteroatoms. The molecule has 2 rings (SSSR count). The van der Waals surface area contributed by atoms with Crippen molar-refractivity contribution in [3.8, 4) is 12.3 Å². The van der Waals surface area contributed by atoms with E-state index in [9.17, 15) is 8.42 Å². The first-order chi connectivity index (χ1) is 12.0. The van der Waals surface area contributed by atoms with Crippen LogP contribution in [0.15, 0.2) is 59.5 Å². The largest absolute Gasteiger partial charge is 0.296 e. The predicted molar refractivity (Wildman–Crippen MR) is 101 cm³/mol. The van der Waals surface area contributed by atoms with E-state index in [1.165, 1.54) is 29.8 Å². The maximum atomic E-state index is 12.1. The second kappa shape index (κ2) is 9.62. The summed E-state index contributed by atoms with van der Waals surface area (Å²) in [5.74, 6) is 2.90. The van der Waals surface area contributed by atoms with E-state index in [2.05, 4.69) is 18.1 Å². The summed E-state index contributed by atoms with van der Waals surface area (Å²) in [4.78, 5) is 0.106. The Labute approximate surface area is 155 Å². The smallest absolute Gasteiger partial charge is 0.266 e. The van der Waals surface area contributed by atoms with Gasteiger partial charge < -0.3 is 0 Å². The van der Waals surface area contributed by atoms with Crippen molar-refractivity contribution in [2.45, 2.75) is 30.6 Å². The molecule has 0 aliphatic carbocycles. The number of hydrogen-bond acceptors (Lipinski definition) is 3. The summed E-state index contributed by atoms with van der Waals surface area (Å²) in [5.41, 5.74) is 1.25. The maximum Gasteiger partial charge on any atom is 0.296 e. The van der Waals surface area contributed by atoms with Gasteiger partial charge in [-0.2, -0.15) is 8.42 Å². The molecule has 0 saturated carbocycles. The number of benzene rings is 2. The SMILES string of the molecule is C#CC(CCCOS(=O)(=O)c1ccc(Cl)cc1)CCc1ccccc1. The molecule has 2 aromatic rings. The van der Waals surface area contributed by atoms with Gasteiger partial charge in [0, 0.05) is 10.9 Å². The van der Waals surface area contributed by atoms with Gasteiger partial charge in [0.05, 0.1) is 11.5 Å². The summed E-state index contributed by atoms with van der Waals surface area (Å²) in [7, 11) is -3.75. The fourth-order valence-corrected chi connectivity index (χ4v) is 3.53. The highest BCUT2D eigenvalue weighted by Crippen LogP contribution is 2.18. The van der Waals surface area contributed by atoms with E-state index in [-0.39, 0.29) is 17.4 Å². The van der Waals surface area contributed by atoms with Gasteiger partial charge in [-0.05, 0) is 55.5 Å². The summed E-state index contributed by atoms with van der Waals surface area (Å²) in [6.07, 6.45) is 8.71. The lowest BCUT2D eigenvalue weighted by Crippen LogP contribution is -2.09. The molecule has 0 aliphatic heterocycles. The van der Waals surface area contributed by atoms with Crippen LogP contribution in [-0.2, 0) is 20.7 Å². The van der Waals surface area contributed by atoms with Crippen molar-refractivity contribution < 1.29 is 12.6 Å². The van der Waals surface area contributed by atoms with Crippen LogP contribution in [-0.4, -0.2) is 15.0 Å². The molecule has 0 saturated heterocycles. The average Bonchev–Trinajstić information content (AvgIpc) is 2.62. The van der Waals surface area contributed by atoms with Crippen LogP contribution in [0.4, 0.5) is 0 Å². The minimum Gasteiger partial charge on any atom is -0.266 e. The van der Waals surface area contributed by atoms with Crippen LogP contribution < -0.4 is 0 Å². The van der Waals surface area contributed by atoms with E-state index >= 15 is 0 Å². The molecular formula is C20H21ClO3S. The molecule has 0 spiro atoms. The summed E-state index contributed by atoms with van der Waals surface area (Å²) < 4.78 is 29.2. The molecule has 3 nitrogen and oxygen atoms in total. The van der Waals surface area contributed by atoms with Gasteiger partial charge in [0.2, 0.25) is 0 Å². The first-order valence-electron chi connectivity index (χ1n) is 8.16. The van der Waals surface area contributed by atoms with Crippen molar-refractivity contribution in [3.63, 3.8) is 0 Å². The molecule has 0 fully saturated rings. The van der Waals surface area contributed by atoms with Crippen molar-refractivity contribution in [1.29, 1.82) is 0 Å². The predicted octanol–water partition coefficient (Wildman–Crippen LogP) is 4.71. The Kier molecular flexibility index (Phi) is 7.52. The number of rotatable bonds is 9. The standard InChI is InChI=1S/C20H21ClO3S/c1-2-17(10-11-18-7-4-3-5-8-18)9-6-16-24-25(22,23)20-14-12-19(21)13-15-20/h1,3-5,7-8,12-15,17H,6,9-11,16H2. The lowest BCUT2D eigenvalue weighted by molar-refractivity contribution is 0.300. The molecule has 0 bridgehead atoms. The summed E-state index contributed by atoms with van der Waals surface area (Å²) in [6.45, 7) is 0.120. The van der Waals surface area contributed by atoms with Gasteiger partial charge in [-0.25, -0.2) is 0 Å². The molecule has 0 aromatic heterocycles. The molecule has 1 atom stereocenters. The highest BCUT2D eigenvalue weighted by molar-refractivity contribution is 7.86. The molecule has 1 unspecified atom stereocenters. The second-order valence-corrected chi connectivity index (χ2v) is 7.81. The molecule has 132 valence electrons. The first kappa shape index (κ1) is 19.5. The van der Waals surface area contributed by atoms with Crippen molar-refractivity contribution in [2.24, 2.45) is 5.92 Å². The first-order valence-corrected chi connectivity index (χ1v) is 9.95. The monoisotopic (exact) mass is 376 g/mol. The summed E-state index contributed by atoms with van der Waals surface area (Å²) in [6, 6.07) is 16.1.